The van der Waals surface area contributed by atoms with Crippen LogP contribution in [0, 0.1) is 0 Å². The van der Waals surface area contributed by atoms with Crippen LogP contribution in [0.5, 0.6) is 5.75 Å². The number of ether oxygens (including phenoxy) is 1. The fourth-order valence-electron chi connectivity index (χ4n) is 1.22. The molecule has 2 nitrogen and oxygen atoms in total. The molecule has 4 heteroatoms. The van der Waals surface area contributed by atoms with Crippen LogP contribution in [0.2, 0.25) is 0 Å². The maximum atomic E-state index is 12.3. The Morgan fingerprint density at radius 2 is 2.00 bits per heavy atom. The molecule has 0 aliphatic heterocycles. The van der Waals surface area contributed by atoms with Crippen LogP contribution in [0.15, 0.2) is 18.2 Å². The molecule has 14 heavy (non-hydrogen) atoms. The number of hydrogen-bond acceptors (Lipinski definition) is 2. The molecule has 0 amide bonds. The van der Waals surface area contributed by atoms with E-state index in [0.717, 1.165) is 0 Å². The Labute approximate surface area is 81.1 Å². The summed E-state index contributed by atoms with van der Waals surface area (Å²) in [6.07, 6.45) is -3.35. The highest BCUT2D eigenvalue weighted by molar-refractivity contribution is 5.38. The lowest BCUT2D eigenvalue weighted by molar-refractivity contribution is 0.150. The number of benzene rings is 1. The van der Waals surface area contributed by atoms with E-state index in [2.05, 4.69) is 0 Å². The summed E-state index contributed by atoms with van der Waals surface area (Å²) in [5, 5.41) is 9.32. The molecule has 0 fully saturated rings. The van der Waals surface area contributed by atoms with Crippen LogP contribution in [0.25, 0.3) is 0 Å². The molecule has 0 spiro atoms. The van der Waals surface area contributed by atoms with Gasteiger partial charge in [0.05, 0.1) is 13.2 Å². The van der Waals surface area contributed by atoms with Crippen molar-refractivity contribution in [3.63, 3.8) is 0 Å². The second-order valence-corrected chi connectivity index (χ2v) is 2.98. The number of aliphatic hydroxyl groups excluding tert-OH is 1. The summed E-state index contributed by atoms with van der Waals surface area (Å²) < 4.78 is 29.6. The third-order valence-corrected chi connectivity index (χ3v) is 1.96. The lowest BCUT2D eigenvalue weighted by Gasteiger charge is -2.12. The van der Waals surface area contributed by atoms with Crippen LogP contribution >= 0.6 is 0 Å². The van der Waals surface area contributed by atoms with E-state index in [1.807, 2.05) is 0 Å². The van der Waals surface area contributed by atoms with Crippen LogP contribution in [-0.2, 0) is 0 Å². The maximum absolute atomic E-state index is 12.3. The van der Waals surface area contributed by atoms with Gasteiger partial charge in [0.1, 0.15) is 5.75 Å². The fraction of sp³-hybridized carbons (Fsp3) is 0.400. The summed E-state index contributed by atoms with van der Waals surface area (Å²) in [5.41, 5.74) is 0.270. The van der Waals surface area contributed by atoms with E-state index in [-0.39, 0.29) is 5.56 Å². The molecule has 1 unspecified atom stereocenters. The zero-order valence-corrected chi connectivity index (χ0v) is 8.00. The average Bonchev–Trinajstić information content (AvgIpc) is 2.16. The van der Waals surface area contributed by atoms with Crippen molar-refractivity contribution < 1.29 is 18.6 Å². The number of rotatable bonds is 3. The molecule has 1 rings (SSSR count). The highest BCUT2D eigenvalue weighted by Crippen LogP contribution is 2.29. The van der Waals surface area contributed by atoms with E-state index in [9.17, 15) is 13.9 Å². The van der Waals surface area contributed by atoms with Crippen molar-refractivity contribution in [3.05, 3.63) is 29.3 Å². The van der Waals surface area contributed by atoms with Crippen LogP contribution in [0.1, 0.15) is 30.6 Å². The van der Waals surface area contributed by atoms with Crippen molar-refractivity contribution >= 4 is 0 Å². The van der Waals surface area contributed by atoms with Gasteiger partial charge in [0.25, 0.3) is 6.43 Å². The summed E-state index contributed by atoms with van der Waals surface area (Å²) in [4.78, 5) is 0. The molecule has 0 saturated carbocycles. The Hall–Kier alpha value is -1.16. The van der Waals surface area contributed by atoms with Crippen molar-refractivity contribution in [2.45, 2.75) is 19.5 Å². The van der Waals surface area contributed by atoms with Gasteiger partial charge in [-0.2, -0.15) is 0 Å². The molecule has 0 bridgehead atoms. The van der Waals surface area contributed by atoms with Gasteiger partial charge < -0.3 is 9.84 Å². The van der Waals surface area contributed by atoms with Gasteiger partial charge in [-0.1, -0.05) is 0 Å². The lowest BCUT2D eigenvalue weighted by Crippen LogP contribution is -1.98. The number of alkyl halides is 2. The van der Waals surface area contributed by atoms with Gasteiger partial charge in [-0.05, 0) is 25.1 Å². The standard InChI is InChI=1S/C10H12F2O2/c1-6(13)8-5-7(10(11)12)3-4-9(8)14-2/h3-6,10,13H,1-2H3. The molecule has 0 aromatic heterocycles. The molecule has 1 N–H and O–H groups in total. The van der Waals surface area contributed by atoms with Crippen LogP contribution < -0.4 is 4.74 Å². The van der Waals surface area contributed by atoms with Crippen molar-refractivity contribution in [2.75, 3.05) is 7.11 Å². The predicted molar refractivity (Wildman–Crippen MR) is 48.6 cm³/mol. The van der Waals surface area contributed by atoms with Gasteiger partial charge in [0, 0.05) is 11.1 Å². The number of hydrogen-bond donors (Lipinski definition) is 1. The normalized spacial score (nSPS) is 13.0. The quantitative estimate of drug-likeness (QED) is 0.816. The Morgan fingerprint density at radius 1 is 1.36 bits per heavy atom. The second kappa shape index (κ2) is 4.37. The molecule has 78 valence electrons. The molecule has 0 heterocycles. The molecular formula is C10H12F2O2. The van der Waals surface area contributed by atoms with Crippen molar-refractivity contribution in [3.8, 4) is 5.75 Å². The summed E-state index contributed by atoms with van der Waals surface area (Å²) >= 11 is 0. The van der Waals surface area contributed by atoms with E-state index in [1.54, 1.807) is 0 Å². The minimum atomic E-state index is -2.53. The van der Waals surface area contributed by atoms with Crippen LogP contribution in [-0.4, -0.2) is 12.2 Å². The number of halogens is 2. The van der Waals surface area contributed by atoms with Gasteiger partial charge in [0.2, 0.25) is 0 Å². The third-order valence-electron chi connectivity index (χ3n) is 1.96. The van der Waals surface area contributed by atoms with E-state index in [1.165, 1.54) is 32.2 Å². The van der Waals surface area contributed by atoms with Crippen LogP contribution in [0.4, 0.5) is 8.78 Å². The van der Waals surface area contributed by atoms with Crippen molar-refractivity contribution in [1.29, 1.82) is 0 Å². The van der Waals surface area contributed by atoms with E-state index in [4.69, 9.17) is 4.74 Å². The molecule has 0 aliphatic rings. The Bertz CT molecular complexity index is 311. The topological polar surface area (TPSA) is 29.5 Å². The van der Waals surface area contributed by atoms with Gasteiger partial charge >= 0.3 is 0 Å². The summed E-state index contributed by atoms with van der Waals surface area (Å²) in [5.74, 6) is 0.421. The van der Waals surface area contributed by atoms with Crippen molar-refractivity contribution in [2.24, 2.45) is 0 Å². The van der Waals surface area contributed by atoms with Gasteiger partial charge in [-0.3, -0.25) is 0 Å². The number of methoxy groups -OCH3 is 1. The van der Waals surface area contributed by atoms with Gasteiger partial charge in [-0.15, -0.1) is 0 Å². The monoisotopic (exact) mass is 202 g/mol. The highest BCUT2D eigenvalue weighted by Gasteiger charge is 2.13. The predicted octanol–water partition coefficient (Wildman–Crippen LogP) is 2.69. The number of aliphatic hydroxyl groups is 1. The molecule has 1 aromatic carbocycles. The average molecular weight is 202 g/mol. The molecule has 0 radical (unpaired) electrons. The first-order valence-corrected chi connectivity index (χ1v) is 4.20. The summed E-state index contributed by atoms with van der Waals surface area (Å²) in [6, 6.07) is 3.98. The zero-order chi connectivity index (χ0) is 10.7. The lowest BCUT2D eigenvalue weighted by atomic mass is 10.1. The third kappa shape index (κ3) is 2.20. The van der Waals surface area contributed by atoms with E-state index >= 15 is 0 Å². The Balaban J connectivity index is 3.14. The van der Waals surface area contributed by atoms with E-state index < -0.39 is 12.5 Å². The molecular weight excluding hydrogens is 190 g/mol. The minimum absolute atomic E-state index is 0.110. The SMILES string of the molecule is COc1ccc(C(F)F)cc1C(C)O. The van der Waals surface area contributed by atoms with Gasteiger partial charge in [-0.25, -0.2) is 8.78 Å². The van der Waals surface area contributed by atoms with Crippen molar-refractivity contribution in [1.82, 2.24) is 0 Å². The first-order valence-electron chi connectivity index (χ1n) is 4.20. The maximum Gasteiger partial charge on any atom is 0.263 e. The largest absolute Gasteiger partial charge is 0.496 e. The van der Waals surface area contributed by atoms with Gasteiger partial charge in [0.15, 0.2) is 0 Å². The first kappa shape index (κ1) is 10.9. The highest BCUT2D eigenvalue weighted by atomic mass is 19.3. The Kier molecular flexibility index (Phi) is 3.41. The molecule has 0 aliphatic carbocycles. The minimum Gasteiger partial charge on any atom is -0.496 e. The van der Waals surface area contributed by atoms with E-state index in [0.29, 0.717) is 11.3 Å². The summed E-state index contributed by atoms with van der Waals surface area (Å²) in [7, 11) is 1.43. The Morgan fingerprint density at radius 3 is 2.43 bits per heavy atom. The first-order chi connectivity index (χ1) is 6.56. The summed E-state index contributed by atoms with van der Waals surface area (Å²) in [6.45, 7) is 1.51. The zero-order valence-electron chi connectivity index (χ0n) is 8.00. The molecule has 1 atom stereocenters. The van der Waals surface area contributed by atoms with Crippen LogP contribution in [0.3, 0.4) is 0 Å². The fourth-order valence-corrected chi connectivity index (χ4v) is 1.22. The molecule has 1 aromatic rings. The second-order valence-electron chi connectivity index (χ2n) is 2.98. The molecule has 0 saturated heterocycles. The smallest absolute Gasteiger partial charge is 0.263 e.